The van der Waals surface area contributed by atoms with Gasteiger partial charge >= 0.3 is 6.03 Å². The number of imidazole rings is 1. The molecule has 0 bridgehead atoms. The number of benzene rings is 1. The molecule has 136 valence electrons. The van der Waals surface area contributed by atoms with Gasteiger partial charge in [-0.3, -0.25) is 4.98 Å². The van der Waals surface area contributed by atoms with Crippen LogP contribution in [0.4, 0.5) is 10.5 Å². The summed E-state index contributed by atoms with van der Waals surface area (Å²) in [4.78, 5) is 26.3. The summed E-state index contributed by atoms with van der Waals surface area (Å²) < 4.78 is 0. The molecule has 0 aliphatic rings. The van der Waals surface area contributed by atoms with Crippen LogP contribution in [0.1, 0.15) is 30.5 Å². The minimum Gasteiger partial charge on any atom is -0.345 e. The second-order valence-corrected chi connectivity index (χ2v) is 7.03. The van der Waals surface area contributed by atoms with Crippen molar-refractivity contribution in [2.75, 3.05) is 11.9 Å². The number of hydrogen-bond acceptors (Lipinski definition) is 3. The molecule has 0 saturated heterocycles. The van der Waals surface area contributed by atoms with Crippen LogP contribution in [0, 0.1) is 19.8 Å². The fraction of sp³-hybridized carbons (Fsp3) is 0.350. The number of anilines is 1. The Morgan fingerprint density at radius 3 is 2.65 bits per heavy atom. The second-order valence-electron chi connectivity index (χ2n) is 7.03. The van der Waals surface area contributed by atoms with Crippen LogP contribution in [0.5, 0.6) is 0 Å². The third-order valence-electron chi connectivity index (χ3n) is 4.52. The Bertz CT molecular complexity index is 901. The van der Waals surface area contributed by atoms with Crippen molar-refractivity contribution in [3.8, 4) is 0 Å². The van der Waals surface area contributed by atoms with Gasteiger partial charge in [-0.2, -0.15) is 0 Å². The van der Waals surface area contributed by atoms with Crippen LogP contribution in [0.3, 0.4) is 0 Å². The minimum absolute atomic E-state index is 0.100. The molecule has 6 heteroatoms. The van der Waals surface area contributed by atoms with Gasteiger partial charge in [0.25, 0.3) is 0 Å². The van der Waals surface area contributed by atoms with E-state index in [0.29, 0.717) is 19.0 Å². The SMILES string of the molecule is Cc1c(NC(=O)N(Cc2ccncc2)CC(C)C)cc2[nH]cnc2c1C. The van der Waals surface area contributed by atoms with Gasteiger partial charge in [0.15, 0.2) is 0 Å². The van der Waals surface area contributed by atoms with Gasteiger partial charge < -0.3 is 15.2 Å². The summed E-state index contributed by atoms with van der Waals surface area (Å²) in [5.41, 5.74) is 5.85. The van der Waals surface area contributed by atoms with E-state index in [4.69, 9.17) is 0 Å². The number of carbonyl (C=O) groups is 1. The lowest BCUT2D eigenvalue weighted by molar-refractivity contribution is 0.201. The molecule has 0 atom stereocenters. The van der Waals surface area contributed by atoms with E-state index in [1.54, 1.807) is 18.7 Å². The summed E-state index contributed by atoms with van der Waals surface area (Å²) in [5.74, 6) is 0.375. The molecular formula is C20H25N5O. The molecule has 2 heterocycles. The van der Waals surface area contributed by atoms with Gasteiger partial charge in [-0.1, -0.05) is 13.8 Å². The maximum atomic E-state index is 13.0. The Morgan fingerprint density at radius 1 is 1.23 bits per heavy atom. The number of nitrogens with zero attached hydrogens (tertiary/aromatic N) is 3. The summed E-state index contributed by atoms with van der Waals surface area (Å²) in [5, 5.41) is 3.08. The molecule has 0 aliphatic carbocycles. The number of aryl methyl sites for hydroxylation is 1. The monoisotopic (exact) mass is 351 g/mol. The molecule has 2 N–H and O–H groups in total. The van der Waals surface area contributed by atoms with Crippen molar-refractivity contribution in [3.05, 3.63) is 53.6 Å². The van der Waals surface area contributed by atoms with Crippen LogP contribution >= 0.6 is 0 Å². The number of amides is 2. The number of rotatable bonds is 5. The van der Waals surface area contributed by atoms with E-state index in [2.05, 4.69) is 34.1 Å². The molecule has 3 rings (SSSR count). The maximum Gasteiger partial charge on any atom is 0.322 e. The first-order valence-corrected chi connectivity index (χ1v) is 8.83. The number of pyridine rings is 1. The van der Waals surface area contributed by atoms with E-state index in [1.807, 2.05) is 36.9 Å². The smallest absolute Gasteiger partial charge is 0.322 e. The average molecular weight is 351 g/mol. The molecule has 0 spiro atoms. The normalized spacial score (nSPS) is 11.1. The van der Waals surface area contributed by atoms with Crippen LogP contribution in [0.2, 0.25) is 0 Å². The zero-order valence-corrected chi connectivity index (χ0v) is 15.7. The fourth-order valence-electron chi connectivity index (χ4n) is 3.04. The standard InChI is InChI=1S/C20H25N5O/c1-13(2)10-25(11-16-5-7-21-8-6-16)20(26)24-17-9-18-19(23-12-22-18)15(4)14(17)3/h5-9,12-13H,10-11H2,1-4H3,(H,22,23)(H,24,26). The highest BCUT2D eigenvalue weighted by molar-refractivity contribution is 5.94. The minimum atomic E-state index is -0.100. The molecular weight excluding hydrogens is 326 g/mol. The number of aromatic amines is 1. The molecule has 2 aromatic heterocycles. The van der Waals surface area contributed by atoms with Crippen LogP contribution in [0.15, 0.2) is 36.9 Å². The Hall–Kier alpha value is -2.89. The second kappa shape index (κ2) is 7.56. The van der Waals surface area contributed by atoms with Gasteiger partial charge in [-0.15, -0.1) is 0 Å². The number of H-pyrrole nitrogens is 1. The lowest BCUT2D eigenvalue weighted by Crippen LogP contribution is -2.37. The Kier molecular flexibility index (Phi) is 5.21. The highest BCUT2D eigenvalue weighted by Gasteiger charge is 2.18. The summed E-state index contributed by atoms with van der Waals surface area (Å²) in [6, 6.07) is 5.72. The highest BCUT2D eigenvalue weighted by atomic mass is 16.2. The summed E-state index contributed by atoms with van der Waals surface area (Å²) in [6.45, 7) is 9.48. The van der Waals surface area contributed by atoms with E-state index in [-0.39, 0.29) is 6.03 Å². The average Bonchev–Trinajstić information content (AvgIpc) is 3.08. The molecule has 0 saturated carbocycles. The number of aromatic nitrogens is 3. The Labute approximate surface area is 153 Å². The van der Waals surface area contributed by atoms with Crippen molar-refractivity contribution in [2.24, 2.45) is 5.92 Å². The highest BCUT2D eigenvalue weighted by Crippen LogP contribution is 2.26. The molecule has 0 aliphatic heterocycles. The molecule has 26 heavy (non-hydrogen) atoms. The third kappa shape index (κ3) is 3.85. The van der Waals surface area contributed by atoms with E-state index in [0.717, 1.165) is 33.4 Å². The van der Waals surface area contributed by atoms with E-state index < -0.39 is 0 Å². The molecule has 3 aromatic rings. The number of hydrogen-bond donors (Lipinski definition) is 2. The van der Waals surface area contributed by atoms with Crippen molar-refractivity contribution >= 4 is 22.8 Å². The first kappa shape index (κ1) is 17.9. The van der Waals surface area contributed by atoms with Gasteiger partial charge in [0.1, 0.15) is 0 Å². The van der Waals surface area contributed by atoms with Crippen LogP contribution < -0.4 is 5.32 Å². The fourth-order valence-corrected chi connectivity index (χ4v) is 3.04. The van der Waals surface area contributed by atoms with Gasteiger partial charge in [0, 0.05) is 31.2 Å². The Balaban J connectivity index is 1.84. The molecule has 0 unspecified atom stereocenters. The molecule has 2 amide bonds. The van der Waals surface area contributed by atoms with Crippen molar-refractivity contribution in [2.45, 2.75) is 34.2 Å². The summed E-state index contributed by atoms with van der Waals surface area (Å²) >= 11 is 0. The quantitative estimate of drug-likeness (QED) is 0.721. The van der Waals surface area contributed by atoms with E-state index in [9.17, 15) is 4.79 Å². The molecule has 1 aromatic carbocycles. The van der Waals surface area contributed by atoms with Crippen LogP contribution in [-0.4, -0.2) is 32.4 Å². The van der Waals surface area contributed by atoms with Gasteiger partial charge in [0.2, 0.25) is 0 Å². The zero-order valence-electron chi connectivity index (χ0n) is 15.7. The number of nitrogens with one attached hydrogen (secondary N) is 2. The van der Waals surface area contributed by atoms with Crippen LogP contribution in [0.25, 0.3) is 11.0 Å². The van der Waals surface area contributed by atoms with Crippen molar-refractivity contribution in [1.82, 2.24) is 19.9 Å². The zero-order chi connectivity index (χ0) is 18.7. The maximum absolute atomic E-state index is 13.0. The number of fused-ring (bicyclic) bond motifs is 1. The first-order chi connectivity index (χ1) is 12.5. The Morgan fingerprint density at radius 2 is 1.96 bits per heavy atom. The predicted molar refractivity (Wildman–Crippen MR) is 104 cm³/mol. The molecule has 0 radical (unpaired) electrons. The van der Waals surface area contributed by atoms with Crippen molar-refractivity contribution in [3.63, 3.8) is 0 Å². The van der Waals surface area contributed by atoms with Gasteiger partial charge in [-0.05, 0) is 54.7 Å². The summed E-state index contributed by atoms with van der Waals surface area (Å²) in [7, 11) is 0. The number of carbonyl (C=O) groups excluding carboxylic acids is 1. The number of urea groups is 1. The van der Waals surface area contributed by atoms with E-state index in [1.165, 1.54) is 0 Å². The van der Waals surface area contributed by atoms with E-state index >= 15 is 0 Å². The largest absolute Gasteiger partial charge is 0.345 e. The first-order valence-electron chi connectivity index (χ1n) is 8.83. The lowest BCUT2D eigenvalue weighted by atomic mass is 10.1. The van der Waals surface area contributed by atoms with Gasteiger partial charge in [0.05, 0.1) is 17.4 Å². The summed E-state index contributed by atoms with van der Waals surface area (Å²) in [6.07, 6.45) is 5.18. The molecule has 6 nitrogen and oxygen atoms in total. The topological polar surface area (TPSA) is 73.9 Å². The van der Waals surface area contributed by atoms with Gasteiger partial charge in [-0.25, -0.2) is 9.78 Å². The van der Waals surface area contributed by atoms with Crippen molar-refractivity contribution < 1.29 is 4.79 Å². The lowest BCUT2D eigenvalue weighted by Gasteiger charge is -2.25. The predicted octanol–water partition coefficient (Wildman–Crippen LogP) is 4.26. The van der Waals surface area contributed by atoms with Crippen molar-refractivity contribution in [1.29, 1.82) is 0 Å². The van der Waals surface area contributed by atoms with Crippen LogP contribution in [-0.2, 0) is 6.54 Å². The molecule has 0 fully saturated rings. The third-order valence-corrected chi connectivity index (χ3v) is 4.52.